The second kappa shape index (κ2) is 10.2. The zero-order chi connectivity index (χ0) is 16.4. The van der Waals surface area contributed by atoms with Gasteiger partial charge in [0, 0.05) is 31.9 Å². The molecule has 0 bridgehead atoms. The zero-order valence-corrected chi connectivity index (χ0v) is 13.4. The van der Waals surface area contributed by atoms with E-state index in [0.29, 0.717) is 18.5 Å². The monoisotopic (exact) mass is 309 g/mol. The van der Waals surface area contributed by atoms with Crippen LogP contribution in [0.5, 0.6) is 0 Å². The van der Waals surface area contributed by atoms with E-state index in [1.807, 2.05) is 43.3 Å². The number of benzene rings is 1. The van der Waals surface area contributed by atoms with E-state index < -0.39 is 6.23 Å². The first-order valence-corrected chi connectivity index (χ1v) is 7.68. The van der Waals surface area contributed by atoms with Crippen LogP contribution in [-0.4, -0.2) is 43.1 Å². The third-order valence-electron chi connectivity index (χ3n) is 3.48. The van der Waals surface area contributed by atoms with Crippen molar-refractivity contribution in [1.29, 1.82) is 0 Å². The number of nitrogens with one attached hydrogen (secondary N) is 2. The third kappa shape index (κ3) is 6.89. The Hall–Kier alpha value is -1.63. The molecule has 22 heavy (non-hydrogen) atoms. The molecule has 0 fully saturated rings. The summed E-state index contributed by atoms with van der Waals surface area (Å²) in [5, 5.41) is 20.4. The first-order valence-electron chi connectivity index (χ1n) is 7.68. The van der Waals surface area contributed by atoms with Crippen molar-refractivity contribution in [3.05, 3.63) is 29.8 Å². The number of aliphatic hydroxyl groups is 1. The van der Waals surface area contributed by atoms with Crippen LogP contribution in [0.2, 0.25) is 0 Å². The van der Waals surface area contributed by atoms with E-state index in [2.05, 4.69) is 5.32 Å². The Kier molecular flexibility index (Phi) is 8.50. The van der Waals surface area contributed by atoms with Crippen LogP contribution in [0, 0.1) is 0 Å². The highest BCUT2D eigenvalue weighted by molar-refractivity contribution is 5.94. The Balaban J connectivity index is 2.15. The van der Waals surface area contributed by atoms with Gasteiger partial charge in [0.2, 0.25) is 0 Å². The Morgan fingerprint density at radius 1 is 1.14 bits per heavy atom. The zero-order valence-electron chi connectivity index (χ0n) is 13.4. The average Bonchev–Trinajstić information content (AvgIpc) is 2.53. The number of rotatable bonds is 10. The fourth-order valence-corrected chi connectivity index (χ4v) is 2.10. The molecule has 1 aromatic carbocycles. The van der Waals surface area contributed by atoms with Crippen LogP contribution in [-0.2, 0) is 0 Å². The number of aliphatic hydroxyl groups excluding tert-OH is 1. The minimum Gasteiger partial charge on any atom is -0.378 e. The number of nitrogens with zero attached hydrogens (tertiary/aromatic N) is 1. The summed E-state index contributed by atoms with van der Waals surface area (Å²) in [7, 11) is 3.93. The molecular weight excluding hydrogens is 282 g/mol. The molecule has 6 heteroatoms. The van der Waals surface area contributed by atoms with Gasteiger partial charge in [-0.2, -0.15) is 5.48 Å². The fraction of sp³-hybridized carbons (Fsp3) is 0.562. The fourth-order valence-electron chi connectivity index (χ4n) is 2.10. The Morgan fingerprint density at radius 2 is 1.77 bits per heavy atom. The molecule has 0 spiro atoms. The summed E-state index contributed by atoms with van der Waals surface area (Å²) in [6.45, 7) is 0.648. The normalized spacial score (nSPS) is 12.0. The molecule has 1 unspecified atom stereocenters. The van der Waals surface area contributed by atoms with Crippen LogP contribution in [0.25, 0.3) is 0 Å². The summed E-state index contributed by atoms with van der Waals surface area (Å²) in [6.07, 6.45) is 3.38. The lowest BCUT2D eigenvalue weighted by molar-refractivity contribution is -0.00393. The van der Waals surface area contributed by atoms with Crippen molar-refractivity contribution in [2.45, 2.75) is 38.3 Å². The summed E-state index contributed by atoms with van der Waals surface area (Å²) in [5.41, 5.74) is 3.54. The van der Waals surface area contributed by atoms with Gasteiger partial charge < -0.3 is 20.5 Å². The van der Waals surface area contributed by atoms with Gasteiger partial charge in [-0.15, -0.1) is 0 Å². The standard InChI is InChI=1S/C16H27N3O3/c1-19(2)14-10-8-13(9-11-14)16(21)17-12-6-4-3-5-7-15(20)18-22/h8-11,15,18,20,22H,3-7,12H2,1-2H3,(H,17,21). The van der Waals surface area contributed by atoms with Crippen LogP contribution >= 0.6 is 0 Å². The number of hydrogen-bond donors (Lipinski definition) is 4. The minimum atomic E-state index is -0.843. The van der Waals surface area contributed by atoms with Gasteiger partial charge in [-0.05, 0) is 43.5 Å². The molecule has 0 aliphatic heterocycles. The molecule has 1 atom stereocenters. The number of anilines is 1. The van der Waals surface area contributed by atoms with Crippen LogP contribution in [0.1, 0.15) is 42.5 Å². The van der Waals surface area contributed by atoms with Crippen molar-refractivity contribution in [3.63, 3.8) is 0 Å². The van der Waals surface area contributed by atoms with E-state index in [0.717, 1.165) is 31.4 Å². The lowest BCUT2D eigenvalue weighted by Gasteiger charge is -2.12. The molecule has 0 aliphatic rings. The van der Waals surface area contributed by atoms with E-state index in [1.165, 1.54) is 0 Å². The minimum absolute atomic E-state index is 0.0507. The highest BCUT2D eigenvalue weighted by Gasteiger charge is 2.05. The van der Waals surface area contributed by atoms with E-state index in [-0.39, 0.29) is 5.91 Å². The predicted molar refractivity (Wildman–Crippen MR) is 87.1 cm³/mol. The number of hydroxylamine groups is 1. The molecule has 0 heterocycles. The maximum atomic E-state index is 11.9. The first kappa shape index (κ1) is 18.4. The van der Waals surface area contributed by atoms with Crippen LogP contribution < -0.4 is 15.7 Å². The first-order chi connectivity index (χ1) is 10.5. The Morgan fingerprint density at radius 3 is 2.36 bits per heavy atom. The quantitative estimate of drug-likeness (QED) is 0.300. The Labute approximate surface area is 132 Å². The van der Waals surface area contributed by atoms with E-state index >= 15 is 0 Å². The molecule has 4 N–H and O–H groups in total. The maximum absolute atomic E-state index is 11.9. The van der Waals surface area contributed by atoms with Crippen LogP contribution in [0.15, 0.2) is 24.3 Å². The topological polar surface area (TPSA) is 84.8 Å². The van der Waals surface area contributed by atoms with Gasteiger partial charge in [-0.3, -0.25) is 4.79 Å². The lowest BCUT2D eigenvalue weighted by atomic mass is 10.1. The highest BCUT2D eigenvalue weighted by Crippen LogP contribution is 2.12. The summed E-state index contributed by atoms with van der Waals surface area (Å²) in [5.74, 6) is -0.0507. The number of hydrogen-bond acceptors (Lipinski definition) is 5. The van der Waals surface area contributed by atoms with Crippen LogP contribution in [0.3, 0.4) is 0 Å². The smallest absolute Gasteiger partial charge is 0.251 e. The average molecular weight is 309 g/mol. The van der Waals surface area contributed by atoms with Crippen molar-refractivity contribution in [3.8, 4) is 0 Å². The molecule has 0 saturated heterocycles. The van der Waals surface area contributed by atoms with Gasteiger partial charge in [0.25, 0.3) is 5.91 Å². The molecule has 1 amide bonds. The predicted octanol–water partition coefficient (Wildman–Crippen LogP) is 1.73. The Bertz CT molecular complexity index is 435. The molecule has 124 valence electrons. The SMILES string of the molecule is CN(C)c1ccc(C(=O)NCCCCCCC(O)NO)cc1. The molecule has 0 radical (unpaired) electrons. The van der Waals surface area contributed by atoms with Crippen molar-refractivity contribution >= 4 is 11.6 Å². The van der Waals surface area contributed by atoms with Gasteiger partial charge in [-0.25, -0.2) is 0 Å². The number of amides is 1. The molecule has 0 aromatic heterocycles. The van der Waals surface area contributed by atoms with Crippen molar-refractivity contribution in [1.82, 2.24) is 10.8 Å². The van der Waals surface area contributed by atoms with Crippen LogP contribution in [0.4, 0.5) is 5.69 Å². The molecule has 1 aromatic rings. The van der Waals surface area contributed by atoms with Gasteiger partial charge in [0.05, 0.1) is 0 Å². The second-order valence-electron chi connectivity index (χ2n) is 5.54. The van der Waals surface area contributed by atoms with Gasteiger partial charge in [-0.1, -0.05) is 12.8 Å². The number of unbranched alkanes of at least 4 members (excludes halogenated alkanes) is 3. The molecule has 0 aliphatic carbocycles. The van der Waals surface area contributed by atoms with E-state index in [9.17, 15) is 4.79 Å². The van der Waals surface area contributed by atoms with Crippen molar-refractivity contribution in [2.75, 3.05) is 25.5 Å². The number of carbonyl (C=O) groups is 1. The lowest BCUT2D eigenvalue weighted by Crippen LogP contribution is -2.25. The molecule has 0 saturated carbocycles. The summed E-state index contributed by atoms with van der Waals surface area (Å²) in [6, 6.07) is 7.51. The maximum Gasteiger partial charge on any atom is 0.251 e. The van der Waals surface area contributed by atoms with Crippen molar-refractivity contribution < 1.29 is 15.1 Å². The molecule has 6 nitrogen and oxygen atoms in total. The number of carbonyl (C=O) groups excluding carboxylic acids is 1. The second-order valence-corrected chi connectivity index (χ2v) is 5.54. The van der Waals surface area contributed by atoms with E-state index in [4.69, 9.17) is 10.3 Å². The van der Waals surface area contributed by atoms with Crippen molar-refractivity contribution in [2.24, 2.45) is 0 Å². The van der Waals surface area contributed by atoms with Gasteiger partial charge >= 0.3 is 0 Å². The van der Waals surface area contributed by atoms with Gasteiger partial charge in [0.1, 0.15) is 6.23 Å². The third-order valence-corrected chi connectivity index (χ3v) is 3.48. The van der Waals surface area contributed by atoms with E-state index in [1.54, 1.807) is 5.48 Å². The summed E-state index contributed by atoms with van der Waals surface area (Å²) in [4.78, 5) is 13.9. The molecule has 1 rings (SSSR count). The summed E-state index contributed by atoms with van der Waals surface area (Å²) < 4.78 is 0. The highest BCUT2D eigenvalue weighted by atomic mass is 16.5. The van der Waals surface area contributed by atoms with Gasteiger partial charge in [0.15, 0.2) is 0 Å². The summed E-state index contributed by atoms with van der Waals surface area (Å²) >= 11 is 0. The largest absolute Gasteiger partial charge is 0.378 e. The molecular formula is C16H27N3O3.